The summed E-state index contributed by atoms with van der Waals surface area (Å²) in [4.78, 5) is 4.25. The second kappa shape index (κ2) is 6.33. The van der Waals surface area contributed by atoms with E-state index in [0.717, 1.165) is 16.8 Å². The third-order valence-corrected chi connectivity index (χ3v) is 3.53. The minimum absolute atomic E-state index is 0.523. The standard InChI is InChI=1S/C19H17NO/c21-19(14-18-8-4-5-13-20-18)17-11-9-16(10-12-17)15-6-2-1-3-7-15/h1-13,19,21H,14H2. The van der Waals surface area contributed by atoms with Crippen LogP contribution in [0, 0.1) is 0 Å². The fourth-order valence-corrected chi connectivity index (χ4v) is 2.36. The number of aliphatic hydroxyl groups excluding tert-OH is 1. The van der Waals surface area contributed by atoms with Crippen molar-refractivity contribution in [1.82, 2.24) is 4.98 Å². The molecular weight excluding hydrogens is 258 g/mol. The van der Waals surface area contributed by atoms with E-state index in [2.05, 4.69) is 17.1 Å². The smallest absolute Gasteiger partial charge is 0.0845 e. The molecule has 0 aliphatic rings. The lowest BCUT2D eigenvalue weighted by molar-refractivity contribution is 0.177. The van der Waals surface area contributed by atoms with E-state index in [4.69, 9.17) is 0 Å². The SMILES string of the molecule is OC(Cc1ccccn1)c1ccc(-c2ccccc2)cc1. The maximum atomic E-state index is 10.3. The van der Waals surface area contributed by atoms with Gasteiger partial charge in [0.15, 0.2) is 0 Å². The summed E-state index contributed by atoms with van der Waals surface area (Å²) in [5, 5.41) is 10.3. The van der Waals surface area contributed by atoms with E-state index in [1.54, 1.807) is 6.20 Å². The Morgan fingerprint density at radius 2 is 1.43 bits per heavy atom. The lowest BCUT2D eigenvalue weighted by Gasteiger charge is -2.11. The first-order chi connectivity index (χ1) is 10.3. The first-order valence-corrected chi connectivity index (χ1v) is 7.06. The Labute approximate surface area is 124 Å². The molecule has 0 radical (unpaired) electrons. The highest BCUT2D eigenvalue weighted by Gasteiger charge is 2.09. The zero-order valence-electron chi connectivity index (χ0n) is 11.7. The predicted molar refractivity (Wildman–Crippen MR) is 84.8 cm³/mol. The number of pyridine rings is 1. The molecular formula is C19H17NO. The molecule has 2 aromatic carbocycles. The molecule has 1 aromatic heterocycles. The van der Waals surface area contributed by atoms with Gasteiger partial charge in [-0.2, -0.15) is 0 Å². The van der Waals surface area contributed by atoms with Gasteiger partial charge in [0.2, 0.25) is 0 Å². The van der Waals surface area contributed by atoms with Crippen molar-refractivity contribution in [1.29, 1.82) is 0 Å². The number of hydrogen-bond acceptors (Lipinski definition) is 2. The summed E-state index contributed by atoms with van der Waals surface area (Å²) in [7, 11) is 0. The Morgan fingerprint density at radius 3 is 2.10 bits per heavy atom. The van der Waals surface area contributed by atoms with Gasteiger partial charge in [0.05, 0.1) is 6.10 Å². The van der Waals surface area contributed by atoms with Gasteiger partial charge in [-0.1, -0.05) is 60.7 Å². The summed E-state index contributed by atoms with van der Waals surface area (Å²) in [6, 6.07) is 24.0. The Balaban J connectivity index is 1.75. The summed E-state index contributed by atoms with van der Waals surface area (Å²) < 4.78 is 0. The molecule has 0 bridgehead atoms. The van der Waals surface area contributed by atoms with Crippen LogP contribution in [0.4, 0.5) is 0 Å². The largest absolute Gasteiger partial charge is 0.388 e. The third-order valence-electron chi connectivity index (χ3n) is 3.53. The first kappa shape index (κ1) is 13.5. The maximum Gasteiger partial charge on any atom is 0.0845 e. The van der Waals surface area contributed by atoms with Crippen LogP contribution in [0.15, 0.2) is 79.0 Å². The van der Waals surface area contributed by atoms with Crippen molar-refractivity contribution >= 4 is 0 Å². The number of aliphatic hydroxyl groups is 1. The quantitative estimate of drug-likeness (QED) is 0.780. The highest BCUT2D eigenvalue weighted by molar-refractivity contribution is 5.63. The Kier molecular flexibility index (Phi) is 4.08. The van der Waals surface area contributed by atoms with Crippen molar-refractivity contribution in [2.45, 2.75) is 12.5 Å². The predicted octanol–water partition coefficient (Wildman–Crippen LogP) is 4.02. The second-order valence-electron chi connectivity index (χ2n) is 5.03. The molecule has 2 heteroatoms. The van der Waals surface area contributed by atoms with E-state index < -0.39 is 6.10 Å². The molecule has 0 saturated heterocycles. The normalized spacial score (nSPS) is 12.0. The van der Waals surface area contributed by atoms with E-state index in [9.17, 15) is 5.11 Å². The summed E-state index contributed by atoms with van der Waals surface area (Å²) in [5.41, 5.74) is 4.16. The number of aromatic nitrogens is 1. The number of nitrogens with zero attached hydrogens (tertiary/aromatic N) is 1. The Bertz CT molecular complexity index is 678. The molecule has 1 N–H and O–H groups in total. The van der Waals surface area contributed by atoms with Gasteiger partial charge >= 0.3 is 0 Å². The molecule has 0 aliphatic carbocycles. The summed E-state index contributed by atoms with van der Waals surface area (Å²) in [6.45, 7) is 0. The molecule has 3 rings (SSSR count). The molecule has 1 atom stereocenters. The van der Waals surface area contributed by atoms with Gasteiger partial charge in [-0.05, 0) is 28.8 Å². The zero-order valence-corrected chi connectivity index (χ0v) is 11.7. The molecule has 0 saturated carbocycles. The van der Waals surface area contributed by atoms with Crippen molar-refractivity contribution in [3.05, 3.63) is 90.3 Å². The van der Waals surface area contributed by atoms with Crippen LogP contribution in [0.25, 0.3) is 11.1 Å². The molecule has 0 amide bonds. The van der Waals surface area contributed by atoms with Crippen molar-refractivity contribution in [2.75, 3.05) is 0 Å². The van der Waals surface area contributed by atoms with Crippen molar-refractivity contribution in [2.24, 2.45) is 0 Å². The van der Waals surface area contributed by atoms with Crippen LogP contribution < -0.4 is 0 Å². The van der Waals surface area contributed by atoms with E-state index in [1.807, 2.05) is 60.7 Å². The third kappa shape index (κ3) is 3.36. The van der Waals surface area contributed by atoms with E-state index >= 15 is 0 Å². The fourth-order valence-electron chi connectivity index (χ4n) is 2.36. The summed E-state index contributed by atoms with van der Waals surface area (Å²) in [6.07, 6.45) is 1.76. The van der Waals surface area contributed by atoms with Crippen molar-refractivity contribution in [3.8, 4) is 11.1 Å². The second-order valence-corrected chi connectivity index (χ2v) is 5.03. The van der Waals surface area contributed by atoms with Crippen LogP contribution in [0.3, 0.4) is 0 Å². The van der Waals surface area contributed by atoms with Crippen molar-refractivity contribution < 1.29 is 5.11 Å². The minimum atomic E-state index is -0.523. The molecule has 3 aromatic rings. The van der Waals surface area contributed by atoms with Gasteiger partial charge in [-0.15, -0.1) is 0 Å². The maximum absolute atomic E-state index is 10.3. The summed E-state index contributed by atoms with van der Waals surface area (Å²) in [5.74, 6) is 0. The lowest BCUT2D eigenvalue weighted by Crippen LogP contribution is -2.03. The van der Waals surface area contributed by atoms with E-state index in [-0.39, 0.29) is 0 Å². The Hall–Kier alpha value is -2.45. The van der Waals surface area contributed by atoms with Crippen LogP contribution in [-0.4, -0.2) is 10.1 Å². The average molecular weight is 275 g/mol. The topological polar surface area (TPSA) is 33.1 Å². The molecule has 0 aliphatic heterocycles. The molecule has 0 fully saturated rings. The minimum Gasteiger partial charge on any atom is -0.388 e. The van der Waals surface area contributed by atoms with Crippen LogP contribution >= 0.6 is 0 Å². The number of rotatable bonds is 4. The lowest BCUT2D eigenvalue weighted by atomic mass is 10.00. The van der Waals surface area contributed by atoms with Gasteiger partial charge < -0.3 is 5.11 Å². The van der Waals surface area contributed by atoms with Gasteiger partial charge in [-0.25, -0.2) is 0 Å². The van der Waals surface area contributed by atoms with E-state index in [0.29, 0.717) is 6.42 Å². The molecule has 1 unspecified atom stereocenters. The fraction of sp³-hybridized carbons (Fsp3) is 0.105. The van der Waals surface area contributed by atoms with Crippen molar-refractivity contribution in [3.63, 3.8) is 0 Å². The molecule has 21 heavy (non-hydrogen) atoms. The highest BCUT2D eigenvalue weighted by atomic mass is 16.3. The average Bonchev–Trinajstić information content (AvgIpc) is 2.57. The zero-order chi connectivity index (χ0) is 14.5. The van der Waals surface area contributed by atoms with Crippen LogP contribution in [0.5, 0.6) is 0 Å². The Morgan fingerprint density at radius 1 is 0.762 bits per heavy atom. The van der Waals surface area contributed by atoms with Gasteiger partial charge in [0.25, 0.3) is 0 Å². The molecule has 1 heterocycles. The monoisotopic (exact) mass is 275 g/mol. The highest BCUT2D eigenvalue weighted by Crippen LogP contribution is 2.23. The van der Waals surface area contributed by atoms with Crippen LogP contribution in [0.2, 0.25) is 0 Å². The van der Waals surface area contributed by atoms with Gasteiger partial charge in [0.1, 0.15) is 0 Å². The molecule has 0 spiro atoms. The number of hydrogen-bond donors (Lipinski definition) is 1. The van der Waals surface area contributed by atoms with Gasteiger partial charge in [0, 0.05) is 18.3 Å². The van der Waals surface area contributed by atoms with Gasteiger partial charge in [-0.3, -0.25) is 4.98 Å². The molecule has 104 valence electrons. The first-order valence-electron chi connectivity index (χ1n) is 7.06. The molecule has 2 nitrogen and oxygen atoms in total. The van der Waals surface area contributed by atoms with Crippen LogP contribution in [-0.2, 0) is 6.42 Å². The number of benzene rings is 2. The summed E-state index contributed by atoms with van der Waals surface area (Å²) >= 11 is 0. The van der Waals surface area contributed by atoms with Crippen LogP contribution in [0.1, 0.15) is 17.4 Å². The van der Waals surface area contributed by atoms with E-state index in [1.165, 1.54) is 5.56 Å².